The smallest absolute Gasteiger partial charge is 0.251 e. The maximum atomic E-state index is 13.3. The lowest BCUT2D eigenvalue weighted by molar-refractivity contribution is -0.117. The molecule has 1 atom stereocenters. The summed E-state index contributed by atoms with van der Waals surface area (Å²) in [6.07, 6.45) is 0.582. The molecule has 0 heterocycles. The van der Waals surface area contributed by atoms with Crippen LogP contribution in [0.15, 0.2) is 53.5 Å². The Morgan fingerprint density at radius 2 is 1.87 bits per heavy atom. The number of ether oxygens (including phenoxy) is 1. The number of benzene rings is 2. The van der Waals surface area contributed by atoms with Crippen LogP contribution < -0.4 is 26.4 Å². The second-order valence-electron chi connectivity index (χ2n) is 6.76. The number of carbonyl (C=O) groups is 2. The number of primary amides is 1. The minimum absolute atomic E-state index is 0.154. The lowest BCUT2D eigenvalue weighted by Crippen LogP contribution is -2.42. The lowest BCUT2D eigenvalue weighted by Gasteiger charge is -2.20. The van der Waals surface area contributed by atoms with Gasteiger partial charge in [-0.25, -0.2) is 4.39 Å². The topological polar surface area (TPSA) is 118 Å². The third kappa shape index (κ3) is 8.33. The van der Waals surface area contributed by atoms with Crippen LogP contribution in [0.2, 0.25) is 0 Å². The number of aliphatic imine (C=N–C) groups is 1. The molecule has 2 rings (SSSR count). The zero-order valence-electron chi connectivity index (χ0n) is 17.7. The van der Waals surface area contributed by atoms with Crippen LogP contribution in [0, 0.1) is 5.82 Å². The van der Waals surface area contributed by atoms with Crippen LogP contribution in [0.3, 0.4) is 0 Å². The van der Waals surface area contributed by atoms with E-state index in [9.17, 15) is 14.0 Å². The molecule has 0 aliphatic carbocycles. The van der Waals surface area contributed by atoms with Gasteiger partial charge in [0.2, 0.25) is 5.91 Å². The van der Waals surface area contributed by atoms with Gasteiger partial charge in [-0.05, 0) is 36.2 Å². The Morgan fingerprint density at radius 3 is 2.48 bits per heavy atom. The second kappa shape index (κ2) is 12.2. The Hall–Kier alpha value is -3.62. The van der Waals surface area contributed by atoms with Gasteiger partial charge in [0.25, 0.3) is 5.91 Å². The van der Waals surface area contributed by atoms with Crippen molar-refractivity contribution < 1.29 is 18.7 Å². The van der Waals surface area contributed by atoms with Gasteiger partial charge >= 0.3 is 0 Å². The number of hydrogen-bond donors (Lipinski definition) is 4. The van der Waals surface area contributed by atoms with E-state index >= 15 is 0 Å². The Kier molecular flexibility index (Phi) is 9.28. The zero-order chi connectivity index (χ0) is 22.6. The molecule has 0 bridgehead atoms. The van der Waals surface area contributed by atoms with E-state index < -0.39 is 5.91 Å². The standard InChI is InChI=1S/C22H28FN5O3/c1-3-18(31-19-6-4-5-17(23)11-19)13-28-22(25-2)27-12-15-7-9-16(10-8-15)21(30)26-14-20(24)29/h4-11,18H,3,12-14H2,1-2H3,(H2,24,29)(H,26,30)(H2,25,27,28). The molecular weight excluding hydrogens is 401 g/mol. The van der Waals surface area contributed by atoms with Crippen LogP contribution in [0.5, 0.6) is 5.75 Å². The highest BCUT2D eigenvalue weighted by Gasteiger charge is 2.10. The Labute approximate surface area is 181 Å². The molecule has 0 radical (unpaired) electrons. The second-order valence-corrected chi connectivity index (χ2v) is 6.76. The summed E-state index contributed by atoms with van der Waals surface area (Å²) < 4.78 is 19.1. The molecule has 0 aliphatic rings. The van der Waals surface area contributed by atoms with Gasteiger partial charge in [0.05, 0.1) is 13.1 Å². The number of amides is 2. The number of nitrogens with one attached hydrogen (secondary N) is 3. The number of guanidine groups is 1. The van der Waals surface area contributed by atoms with Crippen molar-refractivity contribution in [1.82, 2.24) is 16.0 Å². The van der Waals surface area contributed by atoms with E-state index in [2.05, 4.69) is 20.9 Å². The van der Waals surface area contributed by atoms with Crippen molar-refractivity contribution in [2.75, 3.05) is 20.1 Å². The van der Waals surface area contributed by atoms with Crippen molar-refractivity contribution in [2.24, 2.45) is 10.7 Å². The monoisotopic (exact) mass is 429 g/mol. The Morgan fingerprint density at radius 1 is 1.13 bits per heavy atom. The van der Waals surface area contributed by atoms with E-state index in [4.69, 9.17) is 10.5 Å². The van der Waals surface area contributed by atoms with Gasteiger partial charge in [-0.15, -0.1) is 0 Å². The molecule has 0 spiro atoms. The number of halogens is 1. The average Bonchev–Trinajstić information content (AvgIpc) is 2.77. The molecule has 9 heteroatoms. The van der Waals surface area contributed by atoms with Gasteiger partial charge in [-0.1, -0.05) is 25.1 Å². The fourth-order valence-electron chi connectivity index (χ4n) is 2.66. The highest BCUT2D eigenvalue weighted by atomic mass is 19.1. The summed E-state index contributed by atoms with van der Waals surface area (Å²) in [6.45, 7) is 2.77. The number of nitrogens with two attached hydrogens (primary N) is 1. The van der Waals surface area contributed by atoms with Gasteiger partial charge < -0.3 is 26.4 Å². The van der Waals surface area contributed by atoms with Gasteiger partial charge in [0, 0.05) is 25.2 Å². The van der Waals surface area contributed by atoms with E-state index in [-0.39, 0.29) is 24.4 Å². The first-order valence-corrected chi connectivity index (χ1v) is 9.93. The van der Waals surface area contributed by atoms with Crippen LogP contribution in [0.1, 0.15) is 29.3 Å². The maximum absolute atomic E-state index is 13.3. The summed E-state index contributed by atoms with van der Waals surface area (Å²) in [5.41, 5.74) is 6.40. The third-order valence-electron chi connectivity index (χ3n) is 4.37. The molecule has 166 valence electrons. The SMILES string of the molecule is CCC(CNC(=NC)NCc1ccc(C(=O)NCC(N)=O)cc1)Oc1cccc(F)c1. The summed E-state index contributed by atoms with van der Waals surface area (Å²) in [7, 11) is 1.66. The molecule has 5 N–H and O–H groups in total. The van der Waals surface area contributed by atoms with Crippen molar-refractivity contribution >= 4 is 17.8 Å². The minimum atomic E-state index is -0.598. The van der Waals surface area contributed by atoms with Crippen molar-refractivity contribution in [3.63, 3.8) is 0 Å². The van der Waals surface area contributed by atoms with E-state index in [1.165, 1.54) is 12.1 Å². The molecular formula is C22H28FN5O3. The quantitative estimate of drug-likeness (QED) is 0.338. The van der Waals surface area contributed by atoms with Crippen LogP contribution in [-0.4, -0.2) is 44.0 Å². The molecule has 2 aromatic carbocycles. The molecule has 2 aromatic rings. The van der Waals surface area contributed by atoms with E-state index in [0.717, 1.165) is 12.0 Å². The predicted octanol–water partition coefficient (Wildman–Crippen LogP) is 1.56. The van der Waals surface area contributed by atoms with Crippen molar-refractivity contribution in [1.29, 1.82) is 0 Å². The Balaban J connectivity index is 1.82. The van der Waals surface area contributed by atoms with Gasteiger partial charge in [-0.3, -0.25) is 14.6 Å². The first-order valence-electron chi connectivity index (χ1n) is 9.93. The third-order valence-corrected chi connectivity index (χ3v) is 4.37. The van der Waals surface area contributed by atoms with E-state index in [0.29, 0.717) is 30.4 Å². The van der Waals surface area contributed by atoms with Gasteiger partial charge in [-0.2, -0.15) is 0 Å². The molecule has 0 aromatic heterocycles. The van der Waals surface area contributed by atoms with Crippen LogP contribution in [0.25, 0.3) is 0 Å². The molecule has 0 saturated carbocycles. The zero-order valence-corrected chi connectivity index (χ0v) is 17.7. The first kappa shape index (κ1) is 23.7. The van der Waals surface area contributed by atoms with Crippen LogP contribution in [0.4, 0.5) is 4.39 Å². The number of hydrogen-bond acceptors (Lipinski definition) is 4. The van der Waals surface area contributed by atoms with Crippen molar-refractivity contribution in [2.45, 2.75) is 26.0 Å². The van der Waals surface area contributed by atoms with Crippen molar-refractivity contribution in [3.05, 3.63) is 65.5 Å². The summed E-state index contributed by atoms with van der Waals surface area (Å²) in [5, 5.41) is 8.82. The fourth-order valence-corrected chi connectivity index (χ4v) is 2.66. The summed E-state index contributed by atoms with van der Waals surface area (Å²) in [4.78, 5) is 26.8. The molecule has 8 nitrogen and oxygen atoms in total. The molecule has 0 saturated heterocycles. The predicted molar refractivity (Wildman–Crippen MR) is 117 cm³/mol. The van der Waals surface area contributed by atoms with Crippen molar-refractivity contribution in [3.8, 4) is 5.75 Å². The summed E-state index contributed by atoms with van der Waals surface area (Å²) in [5.74, 6) is -0.227. The molecule has 31 heavy (non-hydrogen) atoms. The number of carbonyl (C=O) groups excluding carboxylic acids is 2. The average molecular weight is 429 g/mol. The molecule has 2 amide bonds. The Bertz CT molecular complexity index is 902. The van der Waals surface area contributed by atoms with Gasteiger partial charge in [0.1, 0.15) is 17.7 Å². The lowest BCUT2D eigenvalue weighted by atomic mass is 10.1. The highest BCUT2D eigenvalue weighted by molar-refractivity contribution is 5.96. The van der Waals surface area contributed by atoms with E-state index in [1.807, 2.05) is 6.92 Å². The molecule has 0 fully saturated rings. The number of nitrogens with zero attached hydrogens (tertiary/aromatic N) is 1. The van der Waals surface area contributed by atoms with Crippen LogP contribution >= 0.6 is 0 Å². The minimum Gasteiger partial charge on any atom is -0.489 e. The fraction of sp³-hybridized carbons (Fsp3) is 0.318. The van der Waals surface area contributed by atoms with Gasteiger partial charge in [0.15, 0.2) is 5.96 Å². The van der Waals surface area contributed by atoms with Crippen LogP contribution in [-0.2, 0) is 11.3 Å². The van der Waals surface area contributed by atoms with E-state index in [1.54, 1.807) is 43.4 Å². The summed E-state index contributed by atoms with van der Waals surface area (Å²) in [6, 6.07) is 13.0. The number of rotatable bonds is 10. The molecule has 1 unspecified atom stereocenters. The molecule has 0 aliphatic heterocycles. The summed E-state index contributed by atoms with van der Waals surface area (Å²) >= 11 is 0. The highest BCUT2D eigenvalue weighted by Crippen LogP contribution is 2.14. The maximum Gasteiger partial charge on any atom is 0.251 e. The first-order chi connectivity index (χ1) is 14.9. The normalized spacial score (nSPS) is 12.0. The largest absolute Gasteiger partial charge is 0.489 e.